The molecule has 5 rings (SSSR count). The van der Waals surface area contributed by atoms with Crippen LogP contribution in [0.1, 0.15) is 42.4 Å². The van der Waals surface area contributed by atoms with Crippen molar-refractivity contribution in [2.75, 3.05) is 7.11 Å². The first-order valence-corrected chi connectivity index (χ1v) is 14.2. The summed E-state index contributed by atoms with van der Waals surface area (Å²) in [6.45, 7) is 5.05. The van der Waals surface area contributed by atoms with Gasteiger partial charge in [0.05, 0.1) is 30.6 Å². The van der Waals surface area contributed by atoms with Crippen LogP contribution >= 0.6 is 0 Å². The van der Waals surface area contributed by atoms with Crippen LogP contribution in [0.15, 0.2) is 83.8 Å². The summed E-state index contributed by atoms with van der Waals surface area (Å²) in [5, 5.41) is 3.30. The van der Waals surface area contributed by atoms with E-state index in [1.807, 2.05) is 6.07 Å². The van der Waals surface area contributed by atoms with Gasteiger partial charge in [-0.15, -0.1) is 0 Å². The molecule has 0 unspecified atom stereocenters. The number of hydrogen-bond donors (Lipinski definition) is 1. The highest BCUT2D eigenvalue weighted by Gasteiger charge is 2.26. The molecule has 3 aromatic carbocycles. The van der Waals surface area contributed by atoms with Crippen molar-refractivity contribution in [1.29, 1.82) is 0 Å². The first-order valence-electron chi connectivity index (χ1n) is 14.2. The molecule has 5 aromatic rings. The van der Waals surface area contributed by atoms with Gasteiger partial charge in [-0.05, 0) is 68.8 Å². The minimum absolute atomic E-state index is 0.0390. The molecule has 0 saturated carbocycles. The summed E-state index contributed by atoms with van der Waals surface area (Å²) in [7, 11) is 3.18. The van der Waals surface area contributed by atoms with E-state index in [1.54, 1.807) is 95.7 Å². The van der Waals surface area contributed by atoms with E-state index in [-0.39, 0.29) is 30.0 Å². The molecule has 0 aliphatic heterocycles. The summed E-state index contributed by atoms with van der Waals surface area (Å²) in [6, 6.07) is 19.9. The van der Waals surface area contributed by atoms with Gasteiger partial charge in [0.1, 0.15) is 22.7 Å². The van der Waals surface area contributed by atoms with E-state index in [0.717, 1.165) is 0 Å². The molecule has 45 heavy (non-hydrogen) atoms. The fourth-order valence-electron chi connectivity index (χ4n) is 4.91. The van der Waals surface area contributed by atoms with Crippen molar-refractivity contribution in [1.82, 2.24) is 19.7 Å². The first kappa shape index (κ1) is 31.0. The number of halogens is 1. The molecule has 0 aliphatic rings. The normalized spacial score (nSPS) is 11.3. The minimum Gasteiger partial charge on any atom is -0.497 e. The number of ether oxygens (including phenoxy) is 3. The number of nitrogens with one attached hydrogen (secondary N) is 1. The molecule has 0 bridgehead atoms. The lowest BCUT2D eigenvalue weighted by atomic mass is 10.0. The summed E-state index contributed by atoms with van der Waals surface area (Å²) in [6.07, 6.45) is 0.599. The van der Waals surface area contributed by atoms with Crippen molar-refractivity contribution in [3.05, 3.63) is 112 Å². The predicted octanol–water partition coefficient (Wildman–Crippen LogP) is 6.11. The van der Waals surface area contributed by atoms with E-state index in [0.29, 0.717) is 33.7 Å². The van der Waals surface area contributed by atoms with Gasteiger partial charge in [0.2, 0.25) is 0 Å². The number of ketones is 1. The number of benzene rings is 3. The maximum absolute atomic E-state index is 15.3. The summed E-state index contributed by atoms with van der Waals surface area (Å²) in [4.78, 5) is 44.1. The molecular weight excluding hydrogens is 579 g/mol. The molecule has 0 radical (unpaired) electrons. The van der Waals surface area contributed by atoms with Crippen LogP contribution in [-0.2, 0) is 24.8 Å². The number of alkyl carbamates (subject to hydrolysis) is 1. The number of nitrogens with zero attached hydrogens (tertiary/aromatic N) is 3. The Kier molecular flexibility index (Phi) is 8.71. The zero-order valence-electron chi connectivity index (χ0n) is 25.6. The highest BCUT2D eigenvalue weighted by atomic mass is 19.1. The van der Waals surface area contributed by atoms with Gasteiger partial charge in [-0.2, -0.15) is 0 Å². The minimum atomic E-state index is -0.734. The number of aromatic nitrogens is 3. The van der Waals surface area contributed by atoms with Gasteiger partial charge < -0.3 is 19.5 Å². The summed E-state index contributed by atoms with van der Waals surface area (Å²) in [5.41, 5.74) is 0.375. The number of amides is 1. The van der Waals surface area contributed by atoms with Crippen molar-refractivity contribution in [2.45, 2.75) is 39.3 Å². The van der Waals surface area contributed by atoms with Crippen molar-refractivity contribution >= 4 is 22.8 Å². The molecule has 1 N–H and O–H groups in total. The Hall–Kier alpha value is -5.45. The van der Waals surface area contributed by atoms with E-state index in [4.69, 9.17) is 14.2 Å². The van der Waals surface area contributed by atoms with E-state index in [1.165, 1.54) is 21.5 Å². The number of pyridine rings is 1. The molecule has 0 atom stereocenters. The number of hydrogen-bond acceptors (Lipinski definition) is 7. The lowest BCUT2D eigenvalue weighted by Crippen LogP contribution is -2.33. The fraction of sp³-hybridized carbons (Fsp3) is 0.235. The molecule has 0 fully saturated rings. The number of para-hydroxylation sites is 1. The SMILES string of the molecule is COc1ccc2c(Oc3ccc(CC(=O)c4c(CNC(=O)OC(C)(C)C)n(C)n(-c5ccccc5)c4=O)cc3F)ccnc2c1. The number of carbonyl (C=O) groups is 2. The standard InChI is InChI=1S/C34H33FN4O6/c1-34(2,3)45-33(42)37-20-27-31(32(41)39(38(27)4)22-9-7-6-8-10-22)28(40)18-21-11-14-30(25(35)17-21)44-29-15-16-36-26-19-23(43-5)12-13-24(26)29/h6-17,19H,18,20H2,1-5H3,(H,37,42). The van der Waals surface area contributed by atoms with Crippen LogP contribution in [0.2, 0.25) is 0 Å². The quantitative estimate of drug-likeness (QED) is 0.200. The van der Waals surface area contributed by atoms with Crippen LogP contribution in [0.4, 0.5) is 9.18 Å². The third kappa shape index (κ3) is 6.87. The largest absolute Gasteiger partial charge is 0.497 e. The number of carbonyl (C=O) groups excluding carboxylic acids is 2. The number of methoxy groups -OCH3 is 1. The molecular formula is C34H33FN4O6. The molecule has 1 amide bonds. The number of rotatable bonds is 9. The predicted molar refractivity (Wildman–Crippen MR) is 167 cm³/mol. The van der Waals surface area contributed by atoms with Gasteiger partial charge in [-0.25, -0.2) is 13.9 Å². The fourth-order valence-corrected chi connectivity index (χ4v) is 4.91. The second-order valence-corrected chi connectivity index (χ2v) is 11.3. The molecule has 0 saturated heterocycles. The molecule has 0 spiro atoms. The average molecular weight is 613 g/mol. The van der Waals surface area contributed by atoms with Crippen molar-refractivity contribution < 1.29 is 28.2 Å². The van der Waals surface area contributed by atoms with Gasteiger partial charge >= 0.3 is 6.09 Å². The van der Waals surface area contributed by atoms with E-state index < -0.39 is 28.9 Å². The average Bonchev–Trinajstić information content (AvgIpc) is 3.25. The molecule has 232 valence electrons. The Morgan fingerprint density at radius 2 is 1.73 bits per heavy atom. The number of Topliss-reactive ketones (excluding diaryl/α,β-unsaturated/α-hetero) is 1. The number of fused-ring (bicyclic) bond motifs is 1. The van der Waals surface area contributed by atoms with Gasteiger partial charge in [0.15, 0.2) is 17.3 Å². The Balaban J connectivity index is 1.42. The first-order chi connectivity index (χ1) is 21.4. The van der Waals surface area contributed by atoms with Crippen LogP contribution in [0.25, 0.3) is 16.6 Å². The molecule has 11 heteroatoms. The zero-order valence-corrected chi connectivity index (χ0v) is 25.6. The molecule has 10 nitrogen and oxygen atoms in total. The molecule has 0 aliphatic carbocycles. The summed E-state index contributed by atoms with van der Waals surface area (Å²) >= 11 is 0. The third-order valence-corrected chi connectivity index (χ3v) is 6.95. The smallest absolute Gasteiger partial charge is 0.407 e. The molecule has 2 aromatic heterocycles. The van der Waals surface area contributed by atoms with Crippen molar-refractivity contribution in [2.24, 2.45) is 7.05 Å². The zero-order chi connectivity index (χ0) is 32.3. The summed E-state index contributed by atoms with van der Waals surface area (Å²) in [5.74, 6) is -0.222. The highest BCUT2D eigenvalue weighted by molar-refractivity contribution is 5.98. The van der Waals surface area contributed by atoms with E-state index >= 15 is 4.39 Å². The highest BCUT2D eigenvalue weighted by Crippen LogP contribution is 2.32. The lowest BCUT2D eigenvalue weighted by Gasteiger charge is -2.20. The van der Waals surface area contributed by atoms with Gasteiger partial charge in [-0.1, -0.05) is 24.3 Å². The van der Waals surface area contributed by atoms with Crippen LogP contribution in [0.5, 0.6) is 17.2 Å². The Morgan fingerprint density at radius 3 is 2.42 bits per heavy atom. The van der Waals surface area contributed by atoms with E-state index in [2.05, 4.69) is 10.3 Å². The third-order valence-electron chi connectivity index (χ3n) is 6.95. The Morgan fingerprint density at radius 1 is 0.978 bits per heavy atom. The van der Waals surface area contributed by atoms with Crippen LogP contribution in [0, 0.1) is 5.82 Å². The second kappa shape index (κ2) is 12.7. The Bertz CT molecular complexity index is 1940. The maximum Gasteiger partial charge on any atom is 0.407 e. The monoisotopic (exact) mass is 612 g/mol. The van der Waals surface area contributed by atoms with Crippen molar-refractivity contribution in [3.8, 4) is 22.9 Å². The van der Waals surface area contributed by atoms with E-state index in [9.17, 15) is 14.4 Å². The van der Waals surface area contributed by atoms with Gasteiger partial charge in [0, 0.05) is 31.1 Å². The van der Waals surface area contributed by atoms with Crippen molar-refractivity contribution in [3.63, 3.8) is 0 Å². The molecule has 2 heterocycles. The topological polar surface area (TPSA) is 114 Å². The summed E-state index contributed by atoms with van der Waals surface area (Å²) < 4.78 is 34.6. The van der Waals surface area contributed by atoms with Gasteiger partial charge in [0.25, 0.3) is 5.56 Å². The van der Waals surface area contributed by atoms with Crippen LogP contribution in [-0.4, -0.2) is 38.9 Å². The van der Waals surface area contributed by atoms with Crippen LogP contribution < -0.4 is 20.3 Å². The lowest BCUT2D eigenvalue weighted by molar-refractivity contribution is 0.0521. The Labute approximate surface area is 259 Å². The van der Waals surface area contributed by atoms with Gasteiger partial charge in [-0.3, -0.25) is 19.3 Å². The maximum atomic E-state index is 15.3. The van der Waals surface area contributed by atoms with Crippen LogP contribution in [0.3, 0.4) is 0 Å². The second-order valence-electron chi connectivity index (χ2n) is 11.3.